The van der Waals surface area contributed by atoms with Crippen LogP contribution in [-0.2, 0) is 14.4 Å². The second-order valence-electron chi connectivity index (χ2n) is 14.4. The minimum Gasteiger partial charge on any atom is -0.508 e. The minimum atomic E-state index is -1.00. The molecule has 1 saturated heterocycles. The highest BCUT2D eigenvalue weighted by Crippen LogP contribution is 2.25. The van der Waals surface area contributed by atoms with Crippen LogP contribution in [0.25, 0.3) is 11.5 Å². The van der Waals surface area contributed by atoms with Gasteiger partial charge in [-0.05, 0) is 81.7 Å². The molecule has 1 aliphatic rings. The third kappa shape index (κ3) is 10.6. The highest BCUT2D eigenvalue weighted by Gasteiger charge is 2.40. The number of pyridine rings is 1. The van der Waals surface area contributed by atoms with Crippen LogP contribution in [-0.4, -0.2) is 84.8 Å². The van der Waals surface area contributed by atoms with E-state index in [0.29, 0.717) is 49.2 Å². The van der Waals surface area contributed by atoms with Gasteiger partial charge >= 0.3 is 0 Å². The van der Waals surface area contributed by atoms with Crippen molar-refractivity contribution in [1.29, 1.82) is 0 Å². The second kappa shape index (κ2) is 17.6. The lowest BCUT2D eigenvalue weighted by Crippen LogP contribution is -2.57. The summed E-state index contributed by atoms with van der Waals surface area (Å²) in [5, 5.41) is 26.6. The number of hydrogen-bond donors (Lipinski definition) is 4. The number of likely N-dealkylation sites (tertiary alicyclic amines) is 1. The minimum absolute atomic E-state index is 0.00158. The van der Waals surface area contributed by atoms with E-state index < -0.39 is 35.4 Å². The van der Waals surface area contributed by atoms with Crippen molar-refractivity contribution in [2.45, 2.75) is 104 Å². The summed E-state index contributed by atoms with van der Waals surface area (Å²) < 4.78 is 5.60. The van der Waals surface area contributed by atoms with Gasteiger partial charge in [-0.1, -0.05) is 51.8 Å². The number of unbranched alkanes of at least 4 members (excludes halogenated alkanes) is 1. The molecule has 3 heterocycles. The molecule has 0 aliphatic carbocycles. The van der Waals surface area contributed by atoms with E-state index in [1.54, 1.807) is 32.0 Å². The molecule has 4 N–H and O–H groups in total. The zero-order chi connectivity index (χ0) is 38.2. The van der Waals surface area contributed by atoms with E-state index in [4.69, 9.17) is 16.0 Å². The molecule has 1 fully saturated rings. The van der Waals surface area contributed by atoms with Gasteiger partial charge < -0.3 is 30.4 Å². The van der Waals surface area contributed by atoms with Gasteiger partial charge in [0.05, 0.1) is 6.04 Å². The lowest BCUT2D eigenvalue weighted by Gasteiger charge is -2.31. The molecular formula is C37H48ClN7O7. The fraction of sp³-hybridized carbons (Fsp3) is 0.514. The summed E-state index contributed by atoms with van der Waals surface area (Å²) in [5.41, 5.74) is 0.0982. The fourth-order valence-electron chi connectivity index (χ4n) is 6.05. The molecule has 1 aromatic carbocycles. The molecule has 3 atom stereocenters. The Balaban J connectivity index is 1.31. The molecule has 2 aromatic heterocycles. The molecule has 0 spiro atoms. The predicted octanol–water partition coefficient (Wildman–Crippen LogP) is 4.71. The smallest absolute Gasteiger partial charge is 0.286 e. The normalized spacial score (nSPS) is 15.7. The van der Waals surface area contributed by atoms with Crippen molar-refractivity contribution in [3.05, 3.63) is 59.2 Å². The van der Waals surface area contributed by atoms with Crippen molar-refractivity contribution in [1.82, 2.24) is 36.0 Å². The lowest BCUT2D eigenvalue weighted by molar-refractivity contribution is -0.142. The summed E-state index contributed by atoms with van der Waals surface area (Å²) in [6.07, 6.45) is 4.42. The van der Waals surface area contributed by atoms with Crippen LogP contribution in [0, 0.1) is 11.8 Å². The summed E-state index contributed by atoms with van der Waals surface area (Å²) in [6.45, 7) is 11.3. The lowest BCUT2D eigenvalue weighted by atomic mass is 9.96. The number of phenols is 1. The highest BCUT2D eigenvalue weighted by molar-refractivity contribution is 6.30. The molecule has 3 aromatic rings. The van der Waals surface area contributed by atoms with Gasteiger partial charge in [-0.3, -0.25) is 29.0 Å². The van der Waals surface area contributed by atoms with Crippen LogP contribution in [0.4, 0.5) is 0 Å². The number of halogens is 1. The van der Waals surface area contributed by atoms with Crippen LogP contribution in [0.3, 0.4) is 0 Å². The first kappa shape index (κ1) is 39.9. The monoisotopic (exact) mass is 737 g/mol. The summed E-state index contributed by atoms with van der Waals surface area (Å²) in [4.78, 5) is 72.1. The van der Waals surface area contributed by atoms with E-state index >= 15 is 0 Å². The molecular weight excluding hydrogens is 690 g/mol. The van der Waals surface area contributed by atoms with Gasteiger partial charge in [0.25, 0.3) is 11.8 Å². The summed E-state index contributed by atoms with van der Waals surface area (Å²) in [6, 6.07) is 6.57. The first-order chi connectivity index (χ1) is 24.6. The van der Waals surface area contributed by atoms with Crippen molar-refractivity contribution < 1.29 is 33.5 Å². The van der Waals surface area contributed by atoms with Gasteiger partial charge in [-0.2, -0.15) is 0 Å². The Labute approximate surface area is 308 Å². The quantitative estimate of drug-likeness (QED) is 0.118. The molecule has 1 aliphatic heterocycles. The van der Waals surface area contributed by atoms with Gasteiger partial charge in [0, 0.05) is 35.3 Å². The number of aromatic nitrogens is 3. The Morgan fingerprint density at radius 3 is 2.40 bits per heavy atom. The average molecular weight is 738 g/mol. The fourth-order valence-corrected chi connectivity index (χ4v) is 6.21. The van der Waals surface area contributed by atoms with Crippen molar-refractivity contribution in [3.8, 4) is 17.2 Å². The molecule has 4 amide bonds. The number of carbonyl (C=O) groups excluding carboxylic acids is 5. The van der Waals surface area contributed by atoms with Crippen LogP contribution in [0.15, 0.2) is 47.0 Å². The Hall–Kier alpha value is -4.85. The highest BCUT2D eigenvalue weighted by atomic mass is 35.5. The first-order valence-electron chi connectivity index (χ1n) is 17.6. The van der Waals surface area contributed by atoms with E-state index in [1.165, 1.54) is 29.3 Å². The molecule has 0 bridgehead atoms. The maximum absolute atomic E-state index is 13.8. The van der Waals surface area contributed by atoms with E-state index in [9.17, 15) is 29.1 Å². The first-order valence-corrected chi connectivity index (χ1v) is 18.0. The number of hydrogen-bond acceptors (Lipinski definition) is 10. The number of phenolic OH excluding ortho intramolecular Hbond substituents is 1. The maximum Gasteiger partial charge on any atom is 0.286 e. The maximum atomic E-state index is 13.8. The van der Waals surface area contributed by atoms with Gasteiger partial charge in [-0.25, -0.2) is 0 Å². The summed E-state index contributed by atoms with van der Waals surface area (Å²) in [5.74, 6) is -2.89. The number of nitrogens with one attached hydrogen (secondary N) is 3. The number of rotatable bonds is 16. The predicted molar refractivity (Wildman–Crippen MR) is 193 cm³/mol. The van der Waals surface area contributed by atoms with Crippen LogP contribution < -0.4 is 16.0 Å². The summed E-state index contributed by atoms with van der Waals surface area (Å²) in [7, 11) is 0. The SMILES string of the molecule is CC(C)C(NC(=O)C1CCCN1C(=O)C(NC(=O)CCCCC(C)(C)NC(=O)c1cc(Cl)ccn1)C(C)C)C(=O)c1nnc(-c2cccc(O)c2)o1. The molecule has 0 radical (unpaired) electrons. The number of nitrogens with zero attached hydrogens (tertiary/aromatic N) is 4. The van der Waals surface area contributed by atoms with E-state index in [1.807, 2.05) is 27.7 Å². The Morgan fingerprint density at radius 1 is 1.00 bits per heavy atom. The molecule has 15 heteroatoms. The van der Waals surface area contributed by atoms with Crippen LogP contribution >= 0.6 is 11.6 Å². The Morgan fingerprint density at radius 2 is 1.73 bits per heavy atom. The van der Waals surface area contributed by atoms with Crippen LogP contribution in [0.1, 0.15) is 101 Å². The molecule has 4 rings (SSSR count). The van der Waals surface area contributed by atoms with Gasteiger partial charge in [-0.15, -0.1) is 10.2 Å². The number of amides is 4. The molecule has 3 unspecified atom stereocenters. The van der Waals surface area contributed by atoms with Gasteiger partial charge in [0.2, 0.25) is 29.4 Å². The molecule has 280 valence electrons. The van der Waals surface area contributed by atoms with Crippen molar-refractivity contribution >= 4 is 41.0 Å². The van der Waals surface area contributed by atoms with Crippen LogP contribution in [0.2, 0.25) is 5.02 Å². The number of benzene rings is 1. The van der Waals surface area contributed by atoms with Crippen molar-refractivity contribution in [3.63, 3.8) is 0 Å². The van der Waals surface area contributed by atoms with Gasteiger partial charge in [0.15, 0.2) is 0 Å². The Kier molecular flexibility index (Phi) is 13.5. The summed E-state index contributed by atoms with van der Waals surface area (Å²) >= 11 is 5.98. The second-order valence-corrected chi connectivity index (χ2v) is 14.9. The van der Waals surface area contributed by atoms with Crippen molar-refractivity contribution in [2.75, 3.05) is 6.54 Å². The van der Waals surface area contributed by atoms with Gasteiger partial charge in [0.1, 0.15) is 23.5 Å². The molecule has 52 heavy (non-hydrogen) atoms. The van der Waals surface area contributed by atoms with E-state index in [2.05, 4.69) is 31.1 Å². The zero-order valence-corrected chi connectivity index (χ0v) is 31.2. The van der Waals surface area contributed by atoms with Crippen molar-refractivity contribution in [2.24, 2.45) is 11.8 Å². The van der Waals surface area contributed by atoms with E-state index in [0.717, 1.165) is 0 Å². The zero-order valence-electron chi connectivity index (χ0n) is 30.4. The number of aromatic hydroxyl groups is 1. The molecule has 14 nitrogen and oxygen atoms in total. The molecule has 0 saturated carbocycles. The average Bonchev–Trinajstić information content (AvgIpc) is 3.78. The Bertz CT molecular complexity index is 1760. The third-order valence-corrected chi connectivity index (χ3v) is 9.16. The standard InChI is InChI=1S/C37H48ClN7O7/c1-21(2)29(31(48)35-44-43-34(52-35)23-11-9-12-25(46)19-23)41-33(50)27-13-10-18-45(27)36(51)30(22(3)4)40-28(47)14-7-8-16-37(5,6)42-32(49)26-20-24(38)15-17-39-26/h9,11-12,15,17,19-22,27,29-30,46H,7-8,10,13-14,16,18H2,1-6H3,(H,40,47)(H,41,50)(H,42,49). The topological polar surface area (TPSA) is 197 Å². The van der Waals surface area contributed by atoms with Crippen LogP contribution in [0.5, 0.6) is 5.75 Å². The largest absolute Gasteiger partial charge is 0.508 e. The number of ketones is 1. The third-order valence-electron chi connectivity index (χ3n) is 8.93. The number of carbonyl (C=O) groups is 5. The van der Waals surface area contributed by atoms with E-state index in [-0.39, 0.29) is 59.2 Å². The number of Topliss-reactive ketones (excluding diaryl/α,β-unsaturated/α-hetero) is 1.